The standard InChI is InChI=1S/C13H27N3O/c1-12(2,3)16-10-9-14(4)11-13(16)5-7-15(17)8-6-13/h17H,5-11H2,1-4H3. The molecule has 2 heterocycles. The van der Waals surface area contributed by atoms with Gasteiger partial charge >= 0.3 is 0 Å². The van der Waals surface area contributed by atoms with Gasteiger partial charge in [-0.3, -0.25) is 4.90 Å². The molecule has 0 aliphatic carbocycles. The maximum Gasteiger partial charge on any atom is 0.0368 e. The van der Waals surface area contributed by atoms with Crippen molar-refractivity contribution in [2.45, 2.75) is 44.7 Å². The Morgan fingerprint density at radius 1 is 1.00 bits per heavy atom. The summed E-state index contributed by atoms with van der Waals surface area (Å²) in [7, 11) is 2.22. The van der Waals surface area contributed by atoms with Gasteiger partial charge < -0.3 is 10.1 Å². The van der Waals surface area contributed by atoms with E-state index in [1.807, 2.05) is 0 Å². The number of likely N-dealkylation sites (N-methyl/N-ethyl adjacent to an activating group) is 1. The maximum absolute atomic E-state index is 9.58. The number of hydroxylamine groups is 2. The predicted molar refractivity (Wildman–Crippen MR) is 69.3 cm³/mol. The van der Waals surface area contributed by atoms with E-state index in [9.17, 15) is 5.21 Å². The second-order valence-corrected chi connectivity index (χ2v) is 6.74. The van der Waals surface area contributed by atoms with E-state index in [1.165, 1.54) is 5.06 Å². The molecule has 17 heavy (non-hydrogen) atoms. The molecule has 4 nitrogen and oxygen atoms in total. The lowest BCUT2D eigenvalue weighted by Crippen LogP contribution is -2.69. The van der Waals surface area contributed by atoms with Crippen molar-refractivity contribution in [3.8, 4) is 0 Å². The Bertz CT molecular complexity index is 266. The average molecular weight is 241 g/mol. The van der Waals surface area contributed by atoms with Gasteiger partial charge in [0, 0.05) is 43.8 Å². The second-order valence-electron chi connectivity index (χ2n) is 6.74. The number of hydrogen-bond acceptors (Lipinski definition) is 4. The Hall–Kier alpha value is -0.160. The van der Waals surface area contributed by atoms with Crippen molar-refractivity contribution in [1.82, 2.24) is 14.9 Å². The zero-order valence-corrected chi connectivity index (χ0v) is 11.7. The summed E-state index contributed by atoms with van der Waals surface area (Å²) in [5.41, 5.74) is 0.489. The summed E-state index contributed by atoms with van der Waals surface area (Å²) >= 11 is 0. The van der Waals surface area contributed by atoms with E-state index in [4.69, 9.17) is 0 Å². The highest BCUT2D eigenvalue weighted by Crippen LogP contribution is 2.36. The fourth-order valence-corrected chi connectivity index (χ4v) is 3.56. The molecule has 0 bridgehead atoms. The van der Waals surface area contributed by atoms with Crippen LogP contribution in [0.3, 0.4) is 0 Å². The van der Waals surface area contributed by atoms with Gasteiger partial charge in [-0.25, -0.2) is 0 Å². The van der Waals surface area contributed by atoms with Gasteiger partial charge in [0.1, 0.15) is 0 Å². The summed E-state index contributed by atoms with van der Waals surface area (Å²) in [5.74, 6) is 0. The number of piperazine rings is 1. The van der Waals surface area contributed by atoms with E-state index in [2.05, 4.69) is 37.6 Å². The molecule has 2 fully saturated rings. The molecule has 0 aromatic heterocycles. The smallest absolute Gasteiger partial charge is 0.0368 e. The Balaban J connectivity index is 2.19. The van der Waals surface area contributed by atoms with Gasteiger partial charge in [0.15, 0.2) is 0 Å². The molecule has 1 spiro atoms. The van der Waals surface area contributed by atoms with Gasteiger partial charge in [0.25, 0.3) is 0 Å². The van der Waals surface area contributed by atoms with Crippen LogP contribution in [0.1, 0.15) is 33.6 Å². The first-order valence-corrected chi connectivity index (χ1v) is 6.74. The molecule has 2 rings (SSSR count). The highest BCUT2D eigenvalue weighted by Gasteiger charge is 2.46. The molecule has 0 amide bonds. The van der Waals surface area contributed by atoms with Crippen molar-refractivity contribution in [2.75, 3.05) is 39.8 Å². The zero-order valence-electron chi connectivity index (χ0n) is 11.7. The topological polar surface area (TPSA) is 30.0 Å². The molecular formula is C13H27N3O. The van der Waals surface area contributed by atoms with Crippen LogP contribution in [-0.4, -0.2) is 70.9 Å². The summed E-state index contributed by atoms with van der Waals surface area (Å²) in [5, 5.41) is 11.1. The van der Waals surface area contributed by atoms with Crippen molar-refractivity contribution in [2.24, 2.45) is 0 Å². The lowest BCUT2D eigenvalue weighted by Gasteiger charge is -2.57. The monoisotopic (exact) mass is 241 g/mol. The molecule has 1 N–H and O–H groups in total. The first kappa shape index (κ1) is 13.3. The van der Waals surface area contributed by atoms with Crippen LogP contribution in [0.4, 0.5) is 0 Å². The quantitative estimate of drug-likeness (QED) is 0.691. The molecule has 0 atom stereocenters. The van der Waals surface area contributed by atoms with Crippen molar-refractivity contribution in [1.29, 1.82) is 0 Å². The number of piperidine rings is 1. The summed E-state index contributed by atoms with van der Waals surface area (Å²) < 4.78 is 0. The molecule has 2 aliphatic heterocycles. The van der Waals surface area contributed by atoms with Crippen LogP contribution >= 0.6 is 0 Å². The second kappa shape index (κ2) is 4.50. The fourth-order valence-electron chi connectivity index (χ4n) is 3.56. The highest BCUT2D eigenvalue weighted by molar-refractivity contribution is 5.03. The number of hydrogen-bond donors (Lipinski definition) is 1. The van der Waals surface area contributed by atoms with Gasteiger partial charge in [-0.2, -0.15) is 5.06 Å². The van der Waals surface area contributed by atoms with Crippen LogP contribution in [0.2, 0.25) is 0 Å². The van der Waals surface area contributed by atoms with Gasteiger partial charge in [-0.05, 0) is 40.7 Å². The molecule has 0 aromatic carbocycles. The largest absolute Gasteiger partial charge is 0.314 e. The fraction of sp³-hybridized carbons (Fsp3) is 1.00. The molecular weight excluding hydrogens is 214 g/mol. The molecule has 0 unspecified atom stereocenters. The molecule has 100 valence electrons. The van der Waals surface area contributed by atoms with Crippen LogP contribution in [0, 0.1) is 0 Å². The number of nitrogens with zero attached hydrogens (tertiary/aromatic N) is 3. The summed E-state index contributed by atoms with van der Waals surface area (Å²) in [4.78, 5) is 5.11. The Labute approximate surface area is 105 Å². The normalized spacial score (nSPS) is 28.8. The van der Waals surface area contributed by atoms with Gasteiger partial charge in [-0.15, -0.1) is 0 Å². The van der Waals surface area contributed by atoms with E-state index in [0.717, 1.165) is 45.6 Å². The Kier molecular flexibility index (Phi) is 3.51. The van der Waals surface area contributed by atoms with Crippen LogP contribution in [0.25, 0.3) is 0 Å². The minimum absolute atomic E-state index is 0.221. The molecule has 0 aromatic rings. The molecule has 4 heteroatoms. The number of rotatable bonds is 0. The lowest BCUT2D eigenvalue weighted by atomic mass is 9.80. The molecule has 2 saturated heterocycles. The van der Waals surface area contributed by atoms with E-state index in [0.29, 0.717) is 0 Å². The molecule has 0 radical (unpaired) electrons. The van der Waals surface area contributed by atoms with Crippen molar-refractivity contribution >= 4 is 0 Å². The van der Waals surface area contributed by atoms with Crippen LogP contribution in [-0.2, 0) is 0 Å². The lowest BCUT2D eigenvalue weighted by molar-refractivity contribution is -0.156. The van der Waals surface area contributed by atoms with Crippen LogP contribution < -0.4 is 0 Å². The van der Waals surface area contributed by atoms with Gasteiger partial charge in [-0.1, -0.05) is 0 Å². The summed E-state index contributed by atoms with van der Waals surface area (Å²) in [6, 6.07) is 0. The van der Waals surface area contributed by atoms with Gasteiger partial charge in [0.05, 0.1) is 0 Å². The molecule has 0 saturated carbocycles. The van der Waals surface area contributed by atoms with Gasteiger partial charge in [0.2, 0.25) is 0 Å². The van der Waals surface area contributed by atoms with E-state index in [1.54, 1.807) is 0 Å². The highest BCUT2D eigenvalue weighted by atomic mass is 16.5. The van der Waals surface area contributed by atoms with Crippen LogP contribution in [0.15, 0.2) is 0 Å². The third-order valence-electron chi connectivity index (χ3n) is 4.32. The SMILES string of the molecule is CN1CCN(C(C)(C)C)C2(CCN(O)CC2)C1. The minimum atomic E-state index is 0.221. The van der Waals surface area contributed by atoms with E-state index >= 15 is 0 Å². The first-order valence-electron chi connectivity index (χ1n) is 6.74. The summed E-state index contributed by atoms with van der Waals surface area (Å²) in [6.07, 6.45) is 2.15. The van der Waals surface area contributed by atoms with Crippen LogP contribution in [0.5, 0.6) is 0 Å². The Morgan fingerprint density at radius 2 is 1.59 bits per heavy atom. The van der Waals surface area contributed by atoms with Crippen molar-refractivity contribution in [3.05, 3.63) is 0 Å². The zero-order chi connectivity index (χ0) is 12.7. The van der Waals surface area contributed by atoms with Crippen molar-refractivity contribution in [3.63, 3.8) is 0 Å². The minimum Gasteiger partial charge on any atom is -0.314 e. The predicted octanol–water partition coefficient (Wildman–Crippen LogP) is 1.26. The Morgan fingerprint density at radius 3 is 2.12 bits per heavy atom. The van der Waals surface area contributed by atoms with E-state index < -0.39 is 0 Å². The first-order chi connectivity index (χ1) is 7.83. The van der Waals surface area contributed by atoms with E-state index in [-0.39, 0.29) is 11.1 Å². The molecule has 2 aliphatic rings. The van der Waals surface area contributed by atoms with Crippen molar-refractivity contribution < 1.29 is 5.21 Å². The average Bonchev–Trinajstić information content (AvgIpc) is 2.21. The maximum atomic E-state index is 9.58. The third kappa shape index (κ3) is 2.65. The third-order valence-corrected chi connectivity index (χ3v) is 4.32. The summed E-state index contributed by atoms with van der Waals surface area (Å²) in [6.45, 7) is 12.0.